The number of hydrogen-bond donors (Lipinski definition) is 0. The Balaban J connectivity index is 2.21. The molecule has 1 saturated heterocycles. The van der Waals surface area contributed by atoms with Gasteiger partial charge in [-0.15, -0.1) is 0 Å². The summed E-state index contributed by atoms with van der Waals surface area (Å²) in [6, 6.07) is 1.84. The number of carbonyl (C=O) groups is 1. The quantitative estimate of drug-likeness (QED) is 0.352. The molecule has 2 rings (SSSR count). The summed E-state index contributed by atoms with van der Waals surface area (Å²) in [7, 11) is 0. The van der Waals surface area contributed by atoms with Crippen molar-refractivity contribution in [2.24, 2.45) is 11.0 Å². The summed E-state index contributed by atoms with van der Waals surface area (Å²) in [6.45, 7) is 0.895. The zero-order valence-electron chi connectivity index (χ0n) is 9.25. The van der Waals surface area contributed by atoms with Crippen LogP contribution in [0.1, 0.15) is 6.42 Å². The summed E-state index contributed by atoms with van der Waals surface area (Å²) in [6.07, 6.45) is 2.06. The van der Waals surface area contributed by atoms with E-state index in [-0.39, 0.29) is 11.8 Å². The van der Waals surface area contributed by atoms with Gasteiger partial charge in [0, 0.05) is 35.1 Å². The predicted octanol–water partition coefficient (Wildman–Crippen LogP) is 3.27. The first-order valence-electron chi connectivity index (χ1n) is 5.24. The minimum absolute atomic E-state index is 0.0220. The summed E-state index contributed by atoms with van der Waals surface area (Å²) in [5, 5.41) is 3.52. The standard InChI is InChI=1S/C10H9Br2N5O/c11-7-2-8(10(12)14-4-7)17-5-6(1-9(17)18)3-15-16-13/h2,4,6H,1,3,5H2. The second-order valence-corrected chi connectivity index (χ2v) is 5.62. The summed E-state index contributed by atoms with van der Waals surface area (Å²) < 4.78 is 1.44. The summed E-state index contributed by atoms with van der Waals surface area (Å²) in [5.74, 6) is 0.0908. The fraction of sp³-hybridized carbons (Fsp3) is 0.400. The maximum Gasteiger partial charge on any atom is 0.227 e. The SMILES string of the molecule is [N-]=[N+]=NCC1CC(=O)N(c2cc(Br)cnc2Br)C1. The number of anilines is 1. The lowest BCUT2D eigenvalue weighted by atomic mass is 10.1. The molecule has 1 unspecified atom stereocenters. The molecule has 0 radical (unpaired) electrons. The van der Waals surface area contributed by atoms with Crippen LogP contribution in [0, 0.1) is 5.92 Å². The van der Waals surface area contributed by atoms with E-state index in [0.29, 0.717) is 24.1 Å². The smallest absolute Gasteiger partial charge is 0.227 e. The molecule has 0 bridgehead atoms. The number of pyridine rings is 1. The Morgan fingerprint density at radius 3 is 3.11 bits per heavy atom. The molecular formula is C10H9Br2N5O. The molecule has 6 nitrogen and oxygen atoms in total. The van der Waals surface area contributed by atoms with E-state index in [2.05, 4.69) is 46.9 Å². The van der Waals surface area contributed by atoms with Gasteiger partial charge in [0.1, 0.15) is 4.60 Å². The Hall–Kier alpha value is -1.11. The van der Waals surface area contributed by atoms with Crippen LogP contribution >= 0.6 is 31.9 Å². The summed E-state index contributed by atoms with van der Waals surface area (Å²) in [4.78, 5) is 20.5. The van der Waals surface area contributed by atoms with Crippen molar-refractivity contribution in [3.8, 4) is 0 Å². The van der Waals surface area contributed by atoms with E-state index >= 15 is 0 Å². The fourth-order valence-corrected chi connectivity index (χ4v) is 2.64. The van der Waals surface area contributed by atoms with E-state index in [4.69, 9.17) is 5.53 Å². The number of hydrogen-bond acceptors (Lipinski definition) is 3. The molecule has 1 atom stereocenters. The average molecular weight is 375 g/mol. The van der Waals surface area contributed by atoms with Gasteiger partial charge in [-0.05, 0) is 49.4 Å². The van der Waals surface area contributed by atoms with Gasteiger partial charge in [-0.2, -0.15) is 0 Å². The van der Waals surface area contributed by atoms with Crippen molar-refractivity contribution in [1.82, 2.24) is 4.98 Å². The van der Waals surface area contributed by atoms with Gasteiger partial charge in [0.15, 0.2) is 0 Å². The van der Waals surface area contributed by atoms with Gasteiger partial charge < -0.3 is 4.90 Å². The van der Waals surface area contributed by atoms with Crippen LogP contribution in [-0.4, -0.2) is 24.0 Å². The molecule has 1 aromatic heterocycles. The molecule has 1 amide bonds. The van der Waals surface area contributed by atoms with E-state index in [9.17, 15) is 4.79 Å². The minimum Gasteiger partial charge on any atom is -0.310 e. The van der Waals surface area contributed by atoms with Crippen molar-refractivity contribution in [2.75, 3.05) is 18.0 Å². The molecule has 1 fully saturated rings. The lowest BCUT2D eigenvalue weighted by molar-refractivity contribution is -0.117. The topological polar surface area (TPSA) is 82.0 Å². The molecule has 2 heterocycles. The lowest BCUT2D eigenvalue weighted by Gasteiger charge is -2.17. The minimum atomic E-state index is 0.0220. The number of aromatic nitrogens is 1. The predicted molar refractivity (Wildman–Crippen MR) is 74.1 cm³/mol. The van der Waals surface area contributed by atoms with Gasteiger partial charge >= 0.3 is 0 Å². The van der Waals surface area contributed by atoms with Gasteiger partial charge in [0.05, 0.1) is 5.69 Å². The molecule has 8 heteroatoms. The Morgan fingerprint density at radius 2 is 2.39 bits per heavy atom. The normalized spacial score (nSPS) is 18.9. The van der Waals surface area contributed by atoms with E-state index < -0.39 is 0 Å². The van der Waals surface area contributed by atoms with Crippen molar-refractivity contribution >= 4 is 43.5 Å². The van der Waals surface area contributed by atoms with Gasteiger partial charge in [0.25, 0.3) is 0 Å². The van der Waals surface area contributed by atoms with Crippen LogP contribution in [0.25, 0.3) is 10.4 Å². The zero-order valence-corrected chi connectivity index (χ0v) is 12.4. The molecule has 0 spiro atoms. The van der Waals surface area contributed by atoms with E-state index in [1.165, 1.54) is 0 Å². The third-order valence-corrected chi connectivity index (χ3v) is 3.73. The first-order chi connectivity index (χ1) is 8.61. The van der Waals surface area contributed by atoms with Crippen molar-refractivity contribution in [3.63, 3.8) is 0 Å². The highest BCUT2D eigenvalue weighted by molar-refractivity contribution is 9.11. The van der Waals surface area contributed by atoms with E-state index in [1.807, 2.05) is 6.07 Å². The first kappa shape index (κ1) is 13.3. The average Bonchev–Trinajstić information content (AvgIpc) is 2.71. The molecule has 94 valence electrons. The molecule has 1 aliphatic rings. The number of amides is 1. The van der Waals surface area contributed by atoms with Gasteiger partial charge in [-0.3, -0.25) is 4.79 Å². The highest BCUT2D eigenvalue weighted by Gasteiger charge is 2.31. The highest BCUT2D eigenvalue weighted by atomic mass is 79.9. The van der Waals surface area contributed by atoms with Gasteiger partial charge in [-0.25, -0.2) is 4.98 Å². The number of rotatable bonds is 3. The maximum absolute atomic E-state index is 11.9. The van der Waals surface area contributed by atoms with Crippen LogP contribution in [0.5, 0.6) is 0 Å². The van der Waals surface area contributed by atoms with Crippen LogP contribution in [0.2, 0.25) is 0 Å². The Labute approximate surface area is 120 Å². The van der Waals surface area contributed by atoms with E-state index in [0.717, 1.165) is 10.2 Å². The molecule has 1 aromatic rings. The van der Waals surface area contributed by atoms with Crippen molar-refractivity contribution in [3.05, 3.63) is 31.8 Å². The number of halogens is 2. The molecule has 0 aromatic carbocycles. The fourth-order valence-electron chi connectivity index (χ4n) is 1.89. The Morgan fingerprint density at radius 1 is 1.61 bits per heavy atom. The molecule has 1 aliphatic heterocycles. The van der Waals surface area contributed by atoms with Crippen molar-refractivity contribution < 1.29 is 4.79 Å². The molecule has 0 aliphatic carbocycles. The lowest BCUT2D eigenvalue weighted by Crippen LogP contribution is -2.25. The number of azide groups is 1. The third-order valence-electron chi connectivity index (χ3n) is 2.69. The van der Waals surface area contributed by atoms with Gasteiger partial charge in [-0.1, -0.05) is 5.11 Å². The van der Waals surface area contributed by atoms with Gasteiger partial charge in [0.2, 0.25) is 5.91 Å². The largest absolute Gasteiger partial charge is 0.310 e. The highest BCUT2D eigenvalue weighted by Crippen LogP contribution is 2.32. The Kier molecular flexibility index (Phi) is 4.21. The third kappa shape index (κ3) is 2.82. The molecule has 18 heavy (non-hydrogen) atoms. The Bertz CT molecular complexity index is 529. The number of carbonyl (C=O) groups excluding carboxylic acids is 1. The van der Waals surface area contributed by atoms with Crippen LogP contribution in [0.15, 0.2) is 26.5 Å². The van der Waals surface area contributed by atoms with Crippen LogP contribution in [-0.2, 0) is 4.79 Å². The molecule has 0 saturated carbocycles. The second kappa shape index (κ2) is 5.69. The van der Waals surface area contributed by atoms with Crippen LogP contribution in [0.3, 0.4) is 0 Å². The molecule has 0 N–H and O–H groups in total. The monoisotopic (exact) mass is 373 g/mol. The van der Waals surface area contributed by atoms with E-state index in [1.54, 1.807) is 11.1 Å². The van der Waals surface area contributed by atoms with Crippen molar-refractivity contribution in [2.45, 2.75) is 6.42 Å². The summed E-state index contributed by atoms with van der Waals surface area (Å²) >= 11 is 6.67. The van der Waals surface area contributed by atoms with Crippen LogP contribution in [0.4, 0.5) is 5.69 Å². The molecular weight excluding hydrogens is 366 g/mol. The van der Waals surface area contributed by atoms with Crippen molar-refractivity contribution in [1.29, 1.82) is 0 Å². The first-order valence-corrected chi connectivity index (χ1v) is 6.82. The maximum atomic E-state index is 11.9. The second-order valence-electron chi connectivity index (χ2n) is 3.95. The van der Waals surface area contributed by atoms with Crippen LogP contribution < -0.4 is 4.90 Å². The summed E-state index contributed by atoms with van der Waals surface area (Å²) in [5.41, 5.74) is 9.03. The zero-order chi connectivity index (χ0) is 13.1. The number of nitrogens with zero attached hydrogens (tertiary/aromatic N) is 5.